The lowest BCUT2D eigenvalue weighted by molar-refractivity contribution is 0.349. The Morgan fingerprint density at radius 1 is 1.04 bits per heavy atom. The molecule has 9 nitrogen and oxygen atoms in total. The molecule has 0 amide bonds. The van der Waals surface area contributed by atoms with Gasteiger partial charge in [-0.15, -0.1) is 0 Å². The predicted octanol–water partition coefficient (Wildman–Crippen LogP) is 2.73. The highest BCUT2D eigenvalue weighted by atomic mass is 32.1. The summed E-state index contributed by atoms with van der Waals surface area (Å²) in [7, 11) is 4.73. The number of hydrogen-bond donors (Lipinski definition) is 2. The van der Waals surface area contributed by atoms with E-state index in [2.05, 4.69) is 25.5 Å². The molecule has 3 aromatic rings. The minimum Gasteiger partial charge on any atom is -0.496 e. The van der Waals surface area contributed by atoms with Gasteiger partial charge >= 0.3 is 0 Å². The van der Waals surface area contributed by atoms with Gasteiger partial charge in [-0.2, -0.15) is 20.0 Å². The van der Waals surface area contributed by atoms with Gasteiger partial charge in [-0.3, -0.25) is 5.10 Å². The summed E-state index contributed by atoms with van der Waals surface area (Å²) >= 11 is 5.36. The highest BCUT2D eigenvalue weighted by Crippen LogP contribution is 2.34. The summed E-state index contributed by atoms with van der Waals surface area (Å²) in [6.07, 6.45) is 4.71. The Morgan fingerprint density at radius 2 is 1.79 bits per heavy atom. The van der Waals surface area contributed by atoms with Crippen LogP contribution in [0.5, 0.6) is 17.2 Å². The van der Waals surface area contributed by atoms with Crippen molar-refractivity contribution in [3.05, 3.63) is 33.7 Å². The first-order valence-electron chi connectivity index (χ1n) is 8.74. The summed E-state index contributed by atoms with van der Waals surface area (Å²) in [6.45, 7) is 0. The van der Waals surface area contributed by atoms with Crippen molar-refractivity contribution < 1.29 is 14.2 Å². The molecule has 0 bridgehead atoms. The Kier molecular flexibility index (Phi) is 4.86. The molecular formula is C18H20N6O3S. The molecule has 2 aromatic heterocycles. The third kappa shape index (κ3) is 3.05. The van der Waals surface area contributed by atoms with Gasteiger partial charge in [-0.25, -0.2) is 5.10 Å². The van der Waals surface area contributed by atoms with Crippen molar-refractivity contribution in [2.24, 2.45) is 5.10 Å². The van der Waals surface area contributed by atoms with Crippen molar-refractivity contribution in [2.45, 2.75) is 19.3 Å². The Labute approximate surface area is 166 Å². The Hall–Kier alpha value is -3.14. The van der Waals surface area contributed by atoms with E-state index >= 15 is 0 Å². The maximum Gasteiger partial charge on any atom is 0.216 e. The van der Waals surface area contributed by atoms with Crippen molar-refractivity contribution in [3.63, 3.8) is 0 Å². The summed E-state index contributed by atoms with van der Waals surface area (Å²) < 4.78 is 18.1. The summed E-state index contributed by atoms with van der Waals surface area (Å²) in [5.41, 5.74) is 3.81. The second-order valence-electron chi connectivity index (χ2n) is 6.24. The number of methoxy groups -OCH3 is 3. The molecule has 0 fully saturated rings. The summed E-state index contributed by atoms with van der Waals surface area (Å²) in [5, 5.41) is 19.1. The van der Waals surface area contributed by atoms with Gasteiger partial charge in [0, 0.05) is 22.9 Å². The van der Waals surface area contributed by atoms with Crippen LogP contribution in [-0.4, -0.2) is 52.6 Å². The molecule has 2 N–H and O–H groups in total. The van der Waals surface area contributed by atoms with E-state index in [1.165, 1.54) is 5.56 Å². The third-order valence-corrected chi connectivity index (χ3v) is 4.98. The van der Waals surface area contributed by atoms with E-state index in [1.54, 1.807) is 44.4 Å². The van der Waals surface area contributed by atoms with Gasteiger partial charge in [0.15, 0.2) is 11.5 Å². The van der Waals surface area contributed by atoms with Gasteiger partial charge in [-0.1, -0.05) is 0 Å². The Balaban J connectivity index is 1.75. The second kappa shape index (κ2) is 7.47. The molecule has 1 aromatic carbocycles. The maximum absolute atomic E-state index is 5.45. The van der Waals surface area contributed by atoms with Crippen LogP contribution in [0.2, 0.25) is 0 Å². The predicted molar refractivity (Wildman–Crippen MR) is 106 cm³/mol. The quantitative estimate of drug-likeness (QED) is 0.487. The topological polar surface area (TPSA) is 102 Å². The Morgan fingerprint density at radius 3 is 2.54 bits per heavy atom. The fourth-order valence-corrected chi connectivity index (χ4v) is 3.51. The van der Waals surface area contributed by atoms with E-state index in [9.17, 15) is 0 Å². The molecule has 0 unspecified atom stereocenters. The van der Waals surface area contributed by atoms with E-state index in [1.807, 2.05) is 0 Å². The minimum absolute atomic E-state index is 0.375. The van der Waals surface area contributed by atoms with Crippen LogP contribution in [0, 0.1) is 4.77 Å². The van der Waals surface area contributed by atoms with Crippen LogP contribution >= 0.6 is 12.2 Å². The number of aromatic nitrogens is 5. The van der Waals surface area contributed by atoms with E-state index < -0.39 is 0 Å². The van der Waals surface area contributed by atoms with Gasteiger partial charge in [0.05, 0.1) is 27.5 Å². The van der Waals surface area contributed by atoms with E-state index in [0.717, 1.165) is 30.7 Å². The molecule has 0 saturated carbocycles. The average Bonchev–Trinajstić information content (AvgIpc) is 3.42. The van der Waals surface area contributed by atoms with Gasteiger partial charge in [0.25, 0.3) is 0 Å². The van der Waals surface area contributed by atoms with Crippen molar-refractivity contribution in [2.75, 3.05) is 21.3 Å². The van der Waals surface area contributed by atoms with Crippen LogP contribution in [-0.2, 0) is 12.8 Å². The van der Waals surface area contributed by atoms with Gasteiger partial charge in [-0.05, 0) is 37.5 Å². The normalized spacial score (nSPS) is 13.1. The largest absolute Gasteiger partial charge is 0.496 e. The molecule has 146 valence electrons. The second-order valence-corrected chi connectivity index (χ2v) is 6.63. The first kappa shape index (κ1) is 18.2. The first-order chi connectivity index (χ1) is 13.7. The molecule has 0 spiro atoms. The number of nitrogens with zero attached hydrogens (tertiary/aromatic N) is 4. The average molecular weight is 400 g/mol. The number of hydrogen-bond acceptors (Lipinski definition) is 7. The SMILES string of the molecule is COc1cc(OC)c(OC)cc1/C=N\n1c(-c2n[nH]c3c2CCC3)n[nH]c1=S. The van der Waals surface area contributed by atoms with Gasteiger partial charge in [0.2, 0.25) is 10.6 Å². The van der Waals surface area contributed by atoms with Crippen LogP contribution < -0.4 is 14.2 Å². The van der Waals surface area contributed by atoms with E-state index in [-0.39, 0.29) is 0 Å². The Bertz CT molecular complexity index is 1100. The molecule has 0 atom stereocenters. The lowest BCUT2D eigenvalue weighted by Crippen LogP contribution is -2.00. The summed E-state index contributed by atoms with van der Waals surface area (Å²) in [6, 6.07) is 3.53. The minimum atomic E-state index is 0.375. The monoisotopic (exact) mass is 400 g/mol. The molecule has 1 aliphatic rings. The van der Waals surface area contributed by atoms with Crippen molar-refractivity contribution in [1.82, 2.24) is 25.1 Å². The lowest BCUT2D eigenvalue weighted by Gasteiger charge is -2.11. The number of ether oxygens (including phenoxy) is 3. The number of aryl methyl sites for hydroxylation is 1. The van der Waals surface area contributed by atoms with Crippen molar-refractivity contribution >= 4 is 18.4 Å². The summed E-state index contributed by atoms with van der Waals surface area (Å²) in [5.74, 6) is 2.31. The standard InChI is InChI=1S/C18H20N6O3S/c1-25-13-8-15(27-3)14(26-2)7-10(13)9-19-24-17(22-23-18(24)28)16-11-5-4-6-12(11)20-21-16/h7-9H,4-6H2,1-3H3,(H,20,21)(H,23,28)/b19-9-. The smallest absolute Gasteiger partial charge is 0.216 e. The van der Waals surface area contributed by atoms with Gasteiger partial charge < -0.3 is 14.2 Å². The molecule has 4 rings (SSSR count). The highest BCUT2D eigenvalue weighted by molar-refractivity contribution is 7.71. The maximum atomic E-state index is 5.45. The molecule has 1 aliphatic carbocycles. The number of fused-ring (bicyclic) bond motifs is 1. The number of nitrogens with one attached hydrogen (secondary N) is 2. The van der Waals surface area contributed by atoms with E-state index in [0.29, 0.717) is 33.4 Å². The number of rotatable bonds is 6. The van der Waals surface area contributed by atoms with Gasteiger partial charge in [0.1, 0.15) is 11.4 Å². The summed E-state index contributed by atoms with van der Waals surface area (Å²) in [4.78, 5) is 0. The van der Waals surface area contributed by atoms with Crippen LogP contribution in [0.4, 0.5) is 0 Å². The third-order valence-electron chi connectivity index (χ3n) is 4.72. The zero-order valence-electron chi connectivity index (χ0n) is 15.8. The van der Waals surface area contributed by atoms with Crippen molar-refractivity contribution in [3.8, 4) is 28.8 Å². The van der Waals surface area contributed by atoms with Crippen molar-refractivity contribution in [1.29, 1.82) is 0 Å². The molecule has 10 heteroatoms. The van der Waals surface area contributed by atoms with Crippen LogP contribution in [0.25, 0.3) is 11.5 Å². The first-order valence-corrected chi connectivity index (χ1v) is 9.15. The molecule has 0 radical (unpaired) electrons. The molecule has 28 heavy (non-hydrogen) atoms. The molecule has 0 saturated heterocycles. The highest BCUT2D eigenvalue weighted by Gasteiger charge is 2.23. The van der Waals surface area contributed by atoms with Crippen LogP contribution in [0.1, 0.15) is 23.2 Å². The fraction of sp³-hybridized carbons (Fsp3) is 0.333. The number of aromatic amines is 2. The van der Waals surface area contributed by atoms with Crippen LogP contribution in [0.3, 0.4) is 0 Å². The number of benzene rings is 1. The van der Waals surface area contributed by atoms with E-state index in [4.69, 9.17) is 26.4 Å². The molecule has 2 heterocycles. The number of H-pyrrole nitrogens is 2. The lowest BCUT2D eigenvalue weighted by atomic mass is 10.2. The zero-order valence-corrected chi connectivity index (χ0v) is 16.6. The van der Waals surface area contributed by atoms with Crippen LogP contribution in [0.15, 0.2) is 17.2 Å². The fourth-order valence-electron chi connectivity index (χ4n) is 3.33. The zero-order chi connectivity index (χ0) is 19.7. The molecular weight excluding hydrogens is 380 g/mol. The molecule has 0 aliphatic heterocycles.